The molecule has 2 amide bonds. The summed E-state index contributed by atoms with van der Waals surface area (Å²) >= 11 is 0. The molecule has 6 nitrogen and oxygen atoms in total. The third-order valence-electron chi connectivity index (χ3n) is 3.10. The van der Waals surface area contributed by atoms with E-state index in [1.54, 1.807) is 36.2 Å². The van der Waals surface area contributed by atoms with Gasteiger partial charge in [0.15, 0.2) is 0 Å². The molecule has 0 spiro atoms. The Bertz CT molecular complexity index is 482. The van der Waals surface area contributed by atoms with Gasteiger partial charge in [0.05, 0.1) is 13.0 Å². The molecule has 0 bridgehead atoms. The summed E-state index contributed by atoms with van der Waals surface area (Å²) < 4.78 is 5.44. The average molecular weight is 316 g/mol. The number of benzene rings is 1. The lowest BCUT2D eigenvalue weighted by Crippen LogP contribution is -2.40. The van der Waals surface area contributed by atoms with Crippen molar-refractivity contribution in [3.8, 4) is 5.75 Å². The topological polar surface area (TPSA) is 98.7 Å². The number of likely N-dealkylation sites (N-methyl/N-ethyl adjacent to an activating group) is 1. The molecule has 1 unspecified atom stereocenters. The maximum atomic E-state index is 11.8. The molecule has 1 rings (SSSR count). The highest BCUT2D eigenvalue weighted by atomic mass is 35.5. The first-order chi connectivity index (χ1) is 9.45. The van der Waals surface area contributed by atoms with Crippen molar-refractivity contribution < 1.29 is 14.3 Å². The van der Waals surface area contributed by atoms with Crippen molar-refractivity contribution in [3.63, 3.8) is 0 Å². The van der Waals surface area contributed by atoms with Gasteiger partial charge in [0, 0.05) is 25.2 Å². The van der Waals surface area contributed by atoms with Crippen LogP contribution in [0, 0.1) is 0 Å². The number of hydrogen-bond donors (Lipinski definition) is 2. The molecule has 21 heavy (non-hydrogen) atoms. The van der Waals surface area contributed by atoms with Crippen LogP contribution in [0.1, 0.15) is 23.7 Å². The second-order valence-corrected chi connectivity index (χ2v) is 4.58. The van der Waals surface area contributed by atoms with Crippen LogP contribution in [-0.4, -0.2) is 43.0 Å². The van der Waals surface area contributed by atoms with Crippen molar-refractivity contribution in [1.29, 1.82) is 0 Å². The minimum absolute atomic E-state index is 0. The summed E-state index contributed by atoms with van der Waals surface area (Å²) in [5.74, 6) is -0.0272. The van der Waals surface area contributed by atoms with Gasteiger partial charge in [-0.2, -0.15) is 0 Å². The number of primary amides is 1. The van der Waals surface area contributed by atoms with Crippen LogP contribution in [0.3, 0.4) is 0 Å². The second kappa shape index (κ2) is 9.20. The van der Waals surface area contributed by atoms with Crippen molar-refractivity contribution in [2.24, 2.45) is 11.5 Å². The van der Waals surface area contributed by atoms with Gasteiger partial charge in [0.2, 0.25) is 11.8 Å². The Labute approximate surface area is 130 Å². The van der Waals surface area contributed by atoms with Crippen LogP contribution in [0.4, 0.5) is 0 Å². The van der Waals surface area contributed by atoms with Crippen LogP contribution in [-0.2, 0) is 4.79 Å². The fourth-order valence-corrected chi connectivity index (χ4v) is 1.58. The monoisotopic (exact) mass is 315 g/mol. The van der Waals surface area contributed by atoms with Crippen molar-refractivity contribution in [2.45, 2.75) is 19.4 Å². The highest BCUT2D eigenvalue weighted by molar-refractivity contribution is 5.93. The van der Waals surface area contributed by atoms with Crippen LogP contribution in [0.15, 0.2) is 24.3 Å². The van der Waals surface area contributed by atoms with Gasteiger partial charge in [-0.3, -0.25) is 9.59 Å². The van der Waals surface area contributed by atoms with E-state index in [1.807, 2.05) is 6.92 Å². The molecule has 0 aromatic heterocycles. The molecule has 0 aliphatic rings. The van der Waals surface area contributed by atoms with Crippen LogP contribution in [0.25, 0.3) is 0 Å². The first-order valence-electron chi connectivity index (χ1n) is 6.44. The Morgan fingerprint density at radius 3 is 2.62 bits per heavy atom. The number of amides is 2. The number of carbonyl (C=O) groups excluding carboxylic acids is 2. The molecule has 118 valence electrons. The van der Waals surface area contributed by atoms with Gasteiger partial charge >= 0.3 is 0 Å². The minimum atomic E-state index is -0.511. The molecule has 0 aliphatic heterocycles. The summed E-state index contributed by atoms with van der Waals surface area (Å²) in [6.07, 6.45) is 0.252. The van der Waals surface area contributed by atoms with E-state index in [0.717, 1.165) is 0 Å². The Morgan fingerprint density at radius 2 is 2.05 bits per heavy atom. The Morgan fingerprint density at radius 1 is 1.38 bits per heavy atom. The number of nitrogens with zero attached hydrogens (tertiary/aromatic N) is 1. The normalized spacial score (nSPS) is 11.2. The molecule has 1 atom stereocenters. The molecule has 1 aromatic carbocycles. The van der Waals surface area contributed by atoms with Gasteiger partial charge in [-0.25, -0.2) is 0 Å². The molecular weight excluding hydrogens is 294 g/mol. The largest absolute Gasteiger partial charge is 0.493 e. The SMILES string of the molecule is CC(CN)N(C)C(=O)CCOc1cccc(C(N)=O)c1.Cl. The predicted molar refractivity (Wildman–Crippen MR) is 83.6 cm³/mol. The summed E-state index contributed by atoms with van der Waals surface area (Å²) in [4.78, 5) is 24.5. The lowest BCUT2D eigenvalue weighted by Gasteiger charge is -2.23. The molecule has 0 heterocycles. The number of ether oxygens (including phenoxy) is 1. The van der Waals surface area contributed by atoms with E-state index in [1.165, 1.54) is 0 Å². The summed E-state index contributed by atoms with van der Waals surface area (Å²) in [6.45, 7) is 2.54. The molecule has 7 heteroatoms. The first kappa shape index (κ1) is 19.2. The summed E-state index contributed by atoms with van der Waals surface area (Å²) in [7, 11) is 1.72. The number of carbonyl (C=O) groups is 2. The molecule has 0 saturated carbocycles. The standard InChI is InChI=1S/C14H21N3O3.ClH/c1-10(9-15)17(2)13(18)6-7-20-12-5-3-4-11(8-12)14(16)19;/h3-5,8,10H,6-7,9,15H2,1-2H3,(H2,16,19);1H. The highest BCUT2D eigenvalue weighted by Gasteiger charge is 2.14. The fourth-order valence-electron chi connectivity index (χ4n) is 1.58. The van der Waals surface area contributed by atoms with Crippen molar-refractivity contribution in [1.82, 2.24) is 4.90 Å². The number of nitrogens with two attached hydrogens (primary N) is 2. The predicted octanol–water partition coefficient (Wildman–Crippen LogP) is 0.782. The van der Waals surface area contributed by atoms with Crippen molar-refractivity contribution in [2.75, 3.05) is 20.2 Å². The second-order valence-electron chi connectivity index (χ2n) is 4.58. The van der Waals surface area contributed by atoms with Crippen LogP contribution >= 0.6 is 12.4 Å². The van der Waals surface area contributed by atoms with Gasteiger partial charge in [-0.1, -0.05) is 6.07 Å². The third kappa shape index (κ3) is 6.01. The smallest absolute Gasteiger partial charge is 0.248 e. The summed E-state index contributed by atoms with van der Waals surface area (Å²) in [5, 5.41) is 0. The molecule has 0 radical (unpaired) electrons. The molecule has 4 N–H and O–H groups in total. The highest BCUT2D eigenvalue weighted by Crippen LogP contribution is 2.13. The van der Waals surface area contributed by atoms with Crippen LogP contribution in [0.5, 0.6) is 5.75 Å². The lowest BCUT2D eigenvalue weighted by molar-refractivity contribution is -0.132. The zero-order valence-electron chi connectivity index (χ0n) is 12.2. The molecule has 1 aromatic rings. The lowest BCUT2D eigenvalue weighted by atomic mass is 10.2. The fraction of sp³-hybridized carbons (Fsp3) is 0.429. The van der Waals surface area contributed by atoms with E-state index in [4.69, 9.17) is 16.2 Å². The van der Waals surface area contributed by atoms with Crippen molar-refractivity contribution in [3.05, 3.63) is 29.8 Å². The zero-order valence-corrected chi connectivity index (χ0v) is 13.1. The first-order valence-corrected chi connectivity index (χ1v) is 6.44. The quantitative estimate of drug-likeness (QED) is 0.776. The maximum absolute atomic E-state index is 11.8. The van der Waals surface area contributed by atoms with Crippen LogP contribution < -0.4 is 16.2 Å². The average Bonchev–Trinajstić information content (AvgIpc) is 2.45. The Kier molecular flexibility index (Phi) is 8.42. The third-order valence-corrected chi connectivity index (χ3v) is 3.10. The zero-order chi connectivity index (χ0) is 15.1. The van der Waals surface area contributed by atoms with Gasteiger partial charge in [0.25, 0.3) is 0 Å². The molecule has 0 saturated heterocycles. The van der Waals surface area contributed by atoms with E-state index in [9.17, 15) is 9.59 Å². The number of halogens is 1. The van der Waals surface area contributed by atoms with Gasteiger partial charge < -0.3 is 21.1 Å². The minimum Gasteiger partial charge on any atom is -0.493 e. The Balaban J connectivity index is 0.00000400. The van der Waals surface area contributed by atoms with E-state index in [2.05, 4.69) is 0 Å². The van der Waals surface area contributed by atoms with E-state index in [-0.39, 0.29) is 37.4 Å². The summed E-state index contributed by atoms with van der Waals surface area (Å²) in [6, 6.07) is 6.56. The van der Waals surface area contributed by atoms with Crippen molar-refractivity contribution >= 4 is 24.2 Å². The molecular formula is C14H22ClN3O3. The van der Waals surface area contributed by atoms with Crippen LogP contribution in [0.2, 0.25) is 0 Å². The van der Waals surface area contributed by atoms with Gasteiger partial charge in [0.1, 0.15) is 5.75 Å². The van der Waals surface area contributed by atoms with E-state index < -0.39 is 5.91 Å². The Hall–Kier alpha value is -1.79. The maximum Gasteiger partial charge on any atom is 0.248 e. The molecule has 0 fully saturated rings. The van der Waals surface area contributed by atoms with Gasteiger partial charge in [-0.15, -0.1) is 12.4 Å². The number of hydrogen-bond acceptors (Lipinski definition) is 4. The molecule has 0 aliphatic carbocycles. The number of rotatable bonds is 7. The van der Waals surface area contributed by atoms with E-state index >= 15 is 0 Å². The summed E-state index contributed by atoms with van der Waals surface area (Å²) in [5.41, 5.74) is 11.1. The van der Waals surface area contributed by atoms with E-state index in [0.29, 0.717) is 17.9 Å². The van der Waals surface area contributed by atoms with Gasteiger partial charge in [-0.05, 0) is 25.1 Å².